The van der Waals surface area contributed by atoms with Crippen LogP contribution in [0.15, 0.2) is 30.3 Å². The van der Waals surface area contributed by atoms with Crippen molar-refractivity contribution in [3.63, 3.8) is 0 Å². The molecule has 0 radical (unpaired) electrons. The molecule has 72 valence electrons. The van der Waals surface area contributed by atoms with Crippen LogP contribution in [0.5, 0.6) is 5.75 Å². The van der Waals surface area contributed by atoms with Gasteiger partial charge in [-0.2, -0.15) is 0 Å². The number of para-hydroxylation sites is 1. The van der Waals surface area contributed by atoms with Crippen molar-refractivity contribution in [3.8, 4) is 5.75 Å². The summed E-state index contributed by atoms with van der Waals surface area (Å²) >= 11 is 0. The van der Waals surface area contributed by atoms with Crippen LogP contribution in [0.4, 0.5) is 4.79 Å². The summed E-state index contributed by atoms with van der Waals surface area (Å²) in [4.78, 5) is 14.0. The van der Waals surface area contributed by atoms with E-state index in [4.69, 9.17) is 11.3 Å². The number of rotatable bonds is 3. The quantitative estimate of drug-likeness (QED) is 0.318. The van der Waals surface area contributed by atoms with Gasteiger partial charge in [-0.15, -0.1) is 0 Å². The van der Waals surface area contributed by atoms with Crippen LogP contribution in [0, 0.1) is 6.57 Å². The van der Waals surface area contributed by atoms with E-state index >= 15 is 0 Å². The number of ether oxygens (including phenoxy) is 2. The summed E-state index contributed by atoms with van der Waals surface area (Å²) in [5.74, 6) is 0.431. The van der Waals surface area contributed by atoms with Crippen LogP contribution in [0.2, 0.25) is 0 Å². The first-order chi connectivity index (χ1) is 6.83. The Bertz CT molecular complexity index is 329. The number of hydrogen-bond acceptors (Lipinski definition) is 3. The van der Waals surface area contributed by atoms with E-state index in [1.807, 2.05) is 6.07 Å². The first-order valence-electron chi connectivity index (χ1n) is 4.06. The van der Waals surface area contributed by atoms with E-state index in [9.17, 15) is 4.79 Å². The van der Waals surface area contributed by atoms with Crippen molar-refractivity contribution in [2.24, 2.45) is 0 Å². The van der Waals surface area contributed by atoms with Gasteiger partial charge >= 0.3 is 6.16 Å². The smallest absolute Gasteiger partial charge is 0.426 e. The fourth-order valence-corrected chi connectivity index (χ4v) is 0.789. The van der Waals surface area contributed by atoms with Crippen LogP contribution in [-0.2, 0) is 4.74 Å². The first kappa shape index (κ1) is 10.1. The lowest BCUT2D eigenvalue weighted by Crippen LogP contribution is -2.12. The number of carbonyl (C=O) groups is 1. The molecule has 1 aromatic rings. The number of carbonyl (C=O) groups excluding carboxylic acids is 1. The minimum atomic E-state index is -0.778. The molecule has 0 atom stereocenters. The highest BCUT2D eigenvalue weighted by Crippen LogP contribution is 2.08. The molecule has 1 rings (SSSR count). The van der Waals surface area contributed by atoms with Gasteiger partial charge in [0.15, 0.2) is 6.61 Å². The zero-order chi connectivity index (χ0) is 10.2. The highest BCUT2D eigenvalue weighted by molar-refractivity contribution is 5.63. The molecule has 0 aliphatic heterocycles. The van der Waals surface area contributed by atoms with Gasteiger partial charge in [0.1, 0.15) is 5.75 Å². The third-order valence-electron chi connectivity index (χ3n) is 1.37. The van der Waals surface area contributed by atoms with Crippen LogP contribution in [0.3, 0.4) is 0 Å². The van der Waals surface area contributed by atoms with E-state index in [-0.39, 0.29) is 13.2 Å². The van der Waals surface area contributed by atoms with Crippen LogP contribution in [0.25, 0.3) is 4.85 Å². The number of hydrogen-bond donors (Lipinski definition) is 0. The Morgan fingerprint density at radius 2 is 2.07 bits per heavy atom. The molecule has 0 N–H and O–H groups in total. The second-order valence-corrected chi connectivity index (χ2v) is 2.40. The molecule has 0 aromatic heterocycles. The van der Waals surface area contributed by atoms with Gasteiger partial charge in [-0.05, 0) is 12.1 Å². The molecule has 14 heavy (non-hydrogen) atoms. The Labute approximate surface area is 81.9 Å². The Morgan fingerprint density at radius 1 is 1.36 bits per heavy atom. The second-order valence-electron chi connectivity index (χ2n) is 2.40. The van der Waals surface area contributed by atoms with E-state index in [0.29, 0.717) is 5.75 Å². The maximum Gasteiger partial charge on any atom is 0.514 e. The van der Waals surface area contributed by atoms with Gasteiger partial charge < -0.3 is 14.3 Å². The Balaban J connectivity index is 2.32. The Hall–Kier alpha value is -2.02. The van der Waals surface area contributed by atoms with Crippen molar-refractivity contribution in [2.45, 2.75) is 0 Å². The van der Waals surface area contributed by atoms with Crippen molar-refractivity contribution in [2.75, 3.05) is 13.2 Å². The summed E-state index contributed by atoms with van der Waals surface area (Å²) < 4.78 is 9.41. The maximum absolute atomic E-state index is 10.9. The summed E-state index contributed by atoms with van der Waals surface area (Å²) in [5.41, 5.74) is 0. The molecule has 0 saturated heterocycles. The van der Waals surface area contributed by atoms with E-state index in [2.05, 4.69) is 9.58 Å². The van der Waals surface area contributed by atoms with Crippen LogP contribution in [0.1, 0.15) is 0 Å². The Kier molecular flexibility index (Phi) is 4.02. The van der Waals surface area contributed by atoms with Gasteiger partial charge in [0.2, 0.25) is 6.54 Å². The largest absolute Gasteiger partial charge is 0.514 e. The van der Waals surface area contributed by atoms with E-state index < -0.39 is 6.16 Å². The number of nitrogens with zero attached hydrogens (tertiary/aromatic N) is 1. The lowest BCUT2D eigenvalue weighted by Gasteiger charge is -2.02. The molecule has 0 aliphatic carbocycles. The Morgan fingerprint density at radius 3 is 2.71 bits per heavy atom. The van der Waals surface area contributed by atoms with Gasteiger partial charge in [0.25, 0.3) is 0 Å². The zero-order valence-electron chi connectivity index (χ0n) is 7.47. The molecular formula is C10H9NO3. The zero-order valence-corrected chi connectivity index (χ0v) is 7.47. The minimum absolute atomic E-state index is 0.0646. The molecular weight excluding hydrogens is 182 g/mol. The van der Waals surface area contributed by atoms with E-state index in [1.165, 1.54) is 0 Å². The first-order valence-corrected chi connectivity index (χ1v) is 4.06. The molecule has 0 heterocycles. The third-order valence-corrected chi connectivity index (χ3v) is 1.37. The fourth-order valence-electron chi connectivity index (χ4n) is 0.789. The molecule has 0 amide bonds. The normalized spacial score (nSPS) is 8.79. The monoisotopic (exact) mass is 191 g/mol. The minimum Gasteiger partial charge on any atom is -0.426 e. The van der Waals surface area contributed by atoms with Crippen molar-refractivity contribution < 1.29 is 14.3 Å². The SMILES string of the molecule is [C-]#[N+]CCOC(=O)Oc1ccccc1. The van der Waals surface area contributed by atoms with Crippen LogP contribution >= 0.6 is 0 Å². The van der Waals surface area contributed by atoms with Crippen molar-refractivity contribution in [3.05, 3.63) is 41.7 Å². The summed E-state index contributed by atoms with van der Waals surface area (Å²) in [6.45, 7) is 6.68. The standard InChI is InChI=1S/C10H9NO3/c1-11-7-8-13-10(12)14-9-5-3-2-4-6-9/h2-6H,7-8H2. The van der Waals surface area contributed by atoms with Crippen molar-refractivity contribution in [1.82, 2.24) is 0 Å². The second kappa shape index (κ2) is 5.60. The summed E-state index contributed by atoms with van der Waals surface area (Å²) in [5, 5.41) is 0. The highest BCUT2D eigenvalue weighted by atomic mass is 16.7. The lowest BCUT2D eigenvalue weighted by molar-refractivity contribution is 0.103. The van der Waals surface area contributed by atoms with Gasteiger partial charge in [0, 0.05) is 0 Å². The molecule has 0 spiro atoms. The highest BCUT2D eigenvalue weighted by Gasteiger charge is 2.05. The fraction of sp³-hybridized carbons (Fsp3) is 0.200. The summed E-state index contributed by atoms with van der Waals surface area (Å²) in [7, 11) is 0. The van der Waals surface area contributed by atoms with Gasteiger partial charge in [0.05, 0.1) is 0 Å². The molecule has 4 nitrogen and oxygen atoms in total. The predicted molar refractivity (Wildman–Crippen MR) is 49.9 cm³/mol. The maximum atomic E-state index is 10.9. The molecule has 0 bridgehead atoms. The van der Waals surface area contributed by atoms with E-state index in [1.54, 1.807) is 24.3 Å². The summed E-state index contributed by atoms with van der Waals surface area (Å²) in [6.07, 6.45) is -0.778. The molecule has 1 aromatic carbocycles. The van der Waals surface area contributed by atoms with Crippen molar-refractivity contribution in [1.29, 1.82) is 0 Å². The molecule has 0 fully saturated rings. The average Bonchev–Trinajstić information content (AvgIpc) is 2.20. The van der Waals surface area contributed by atoms with Gasteiger partial charge in [-0.3, -0.25) is 0 Å². The molecule has 0 saturated carbocycles. The number of benzene rings is 1. The summed E-state index contributed by atoms with van der Waals surface area (Å²) in [6, 6.07) is 8.62. The average molecular weight is 191 g/mol. The molecule has 0 aliphatic rings. The van der Waals surface area contributed by atoms with Crippen LogP contribution < -0.4 is 4.74 Å². The van der Waals surface area contributed by atoms with Crippen LogP contribution in [-0.4, -0.2) is 19.3 Å². The van der Waals surface area contributed by atoms with Gasteiger partial charge in [-0.25, -0.2) is 11.4 Å². The van der Waals surface area contributed by atoms with Gasteiger partial charge in [-0.1, -0.05) is 18.2 Å². The topological polar surface area (TPSA) is 39.9 Å². The van der Waals surface area contributed by atoms with Crippen molar-refractivity contribution >= 4 is 6.16 Å². The third kappa shape index (κ3) is 3.59. The molecule has 0 unspecified atom stereocenters. The lowest BCUT2D eigenvalue weighted by atomic mass is 10.3. The van der Waals surface area contributed by atoms with E-state index in [0.717, 1.165) is 0 Å². The predicted octanol–water partition coefficient (Wildman–Crippen LogP) is 2.12. The molecule has 4 heteroatoms.